The van der Waals surface area contributed by atoms with Crippen molar-refractivity contribution in [3.05, 3.63) is 466 Å². The lowest BCUT2D eigenvalue weighted by Gasteiger charge is -2.26. The highest BCUT2D eigenvalue weighted by atomic mass is 79.9. The monoisotopic (exact) mass is 1810 g/mol. The Kier molecular flexibility index (Phi) is 19.6. The number of thiophene rings is 2. The van der Waals surface area contributed by atoms with E-state index in [4.69, 9.17) is 8.83 Å². The van der Waals surface area contributed by atoms with Crippen molar-refractivity contribution in [2.45, 2.75) is 7.43 Å². The number of anilines is 5. The molecule has 0 radical (unpaired) electrons. The zero-order valence-electron chi connectivity index (χ0n) is 71.7. The second-order valence-electron chi connectivity index (χ2n) is 34.3. The first-order valence-electron chi connectivity index (χ1n) is 45.0. The molecule has 0 saturated heterocycles. The lowest BCUT2D eigenvalue weighted by molar-refractivity contribution is 0.668. The van der Waals surface area contributed by atoms with E-state index in [0.717, 1.165) is 93.6 Å². The van der Waals surface area contributed by atoms with Crippen molar-refractivity contribution in [3.63, 3.8) is 0 Å². The molecule has 632 valence electrons. The second kappa shape index (κ2) is 32.9. The van der Waals surface area contributed by atoms with E-state index >= 15 is 0 Å². The molecule has 0 aliphatic heterocycles. The number of benzene rings is 22. The van der Waals surface area contributed by atoms with Crippen LogP contribution < -0.4 is 10.2 Å². The Bertz CT molecular complexity index is 9520. The van der Waals surface area contributed by atoms with Crippen LogP contribution in [0.2, 0.25) is 0 Å². The van der Waals surface area contributed by atoms with Crippen LogP contribution in [0.4, 0.5) is 28.4 Å². The highest BCUT2D eigenvalue weighted by Gasteiger charge is 2.24. The first-order valence-corrected chi connectivity index (χ1v) is 47.4. The maximum atomic E-state index is 6.47. The van der Waals surface area contributed by atoms with Gasteiger partial charge in [0.25, 0.3) is 0 Å². The van der Waals surface area contributed by atoms with Gasteiger partial charge in [-0.3, -0.25) is 0 Å². The topological polar surface area (TPSA) is 51.4 Å². The van der Waals surface area contributed by atoms with Gasteiger partial charge in [0, 0.05) is 140 Å². The third kappa shape index (κ3) is 13.8. The molecule has 0 spiro atoms. The van der Waals surface area contributed by atoms with E-state index in [0.29, 0.717) is 0 Å². The zero-order chi connectivity index (χ0) is 87.7. The number of fused-ring (bicyclic) bond motifs is 24. The first kappa shape index (κ1) is 79.7. The van der Waals surface area contributed by atoms with Gasteiger partial charge in [0.1, 0.15) is 22.3 Å². The van der Waals surface area contributed by atoms with Crippen LogP contribution in [0.1, 0.15) is 7.43 Å². The highest BCUT2D eigenvalue weighted by molar-refractivity contribution is 9.10. The van der Waals surface area contributed by atoms with Crippen molar-refractivity contribution in [3.8, 4) is 55.9 Å². The van der Waals surface area contributed by atoms with Crippen LogP contribution in [0.15, 0.2) is 474 Å². The predicted molar refractivity (Wildman–Crippen MR) is 579 cm³/mol. The Labute approximate surface area is 788 Å². The van der Waals surface area contributed by atoms with Crippen LogP contribution in [0.3, 0.4) is 0 Å². The van der Waals surface area contributed by atoms with E-state index in [1.54, 1.807) is 0 Å². The fraction of sp³-hybridized carbons (Fsp3) is 0.00800. The standard InChI is InChI=1S/C62H38N2OS.C34H20BrNS.C28H19NO.CH4/c1-2-15-44(16-3-1)64-56-32-26-42(35-54(56)55-38-53-43(36-57(55)64)27-33-61-62(53)52-20-7-9-23-60(52)66-61)41-14-10-17-46(34-41)63(47-30-31-51-50-19-6-8-22-58(50)65-59(51)37-47)45-28-24-40(25-29-45)49-21-11-13-39-12-4-5-18-48(39)49;35-24-8-6-7-21(17-24)22-13-15-30-28(18-22)29-20-27-23(19-31(29)36(30)25-9-2-1-3-10-25)14-16-33-34(27)26-11-4-5-12-32(26)37-33;1-2-8-23-19(6-1)7-5-10-24(23)20-12-14-21(15-13-20)29-22-16-17-26-25-9-3-4-11-27(25)30-28(26)18-22;/h1-38H;1-20H;1-18,29H;1H4. The summed E-state index contributed by atoms with van der Waals surface area (Å²) >= 11 is 7.40. The van der Waals surface area contributed by atoms with Gasteiger partial charge in [0.05, 0.1) is 22.1 Å². The number of aromatic nitrogens is 2. The van der Waals surface area contributed by atoms with Gasteiger partial charge < -0.3 is 28.2 Å². The molecule has 0 aliphatic carbocycles. The summed E-state index contributed by atoms with van der Waals surface area (Å²) in [6.45, 7) is 0. The molecule has 1 N–H and O–H groups in total. The van der Waals surface area contributed by atoms with Crippen LogP contribution >= 0.6 is 38.6 Å². The van der Waals surface area contributed by atoms with E-state index in [9.17, 15) is 0 Å². The third-order valence-electron chi connectivity index (χ3n) is 26.6. The minimum atomic E-state index is 0. The maximum Gasteiger partial charge on any atom is 0.137 e. The van der Waals surface area contributed by atoms with Crippen LogP contribution in [0, 0.1) is 0 Å². The van der Waals surface area contributed by atoms with Gasteiger partial charge in [0.15, 0.2) is 0 Å². The molecule has 6 nitrogen and oxygen atoms in total. The molecule has 0 unspecified atom stereocenters. The number of hydrogen-bond donors (Lipinski definition) is 1. The molecule has 22 aromatic carbocycles. The van der Waals surface area contributed by atoms with Crippen molar-refractivity contribution >= 4 is 238 Å². The number of nitrogens with zero attached hydrogens (tertiary/aromatic N) is 3. The SMILES string of the molecule is Brc1cccc(-c2ccc3c(c2)c2cc4c(ccc5sc6ccccc6c54)cc2n3-c2ccccc2)c1.C.c1ccc(-n2c3ccc(-c4cccc(N(c5ccc(-c6cccc7ccccc67)cc5)c5ccc6c(c5)oc5ccccc56)c4)cc3c3cc4c(ccc5sc6ccccc6c54)cc32)cc1.c1ccc2c(-c3ccc(Nc4ccc5c(c4)oc4ccccc45)cc3)cccc2c1. The highest BCUT2D eigenvalue weighted by Crippen LogP contribution is 2.49. The molecule has 0 atom stereocenters. The van der Waals surface area contributed by atoms with Crippen molar-refractivity contribution in [2.24, 2.45) is 0 Å². The van der Waals surface area contributed by atoms with Gasteiger partial charge in [-0.25, -0.2) is 0 Å². The van der Waals surface area contributed by atoms with Gasteiger partial charge in [-0.1, -0.05) is 290 Å². The molecular formula is C125H81BrN4O2S2. The molecule has 0 amide bonds. The first-order chi connectivity index (χ1) is 65.8. The Hall–Kier alpha value is -16.4. The van der Waals surface area contributed by atoms with Gasteiger partial charge in [-0.2, -0.15) is 0 Å². The van der Waals surface area contributed by atoms with Gasteiger partial charge in [-0.15, -0.1) is 22.7 Å². The number of para-hydroxylation sites is 4. The van der Waals surface area contributed by atoms with E-state index in [2.05, 4.69) is 466 Å². The van der Waals surface area contributed by atoms with Crippen LogP contribution in [0.5, 0.6) is 0 Å². The molecule has 6 heterocycles. The minimum absolute atomic E-state index is 0. The van der Waals surface area contributed by atoms with Crippen LogP contribution in [0.25, 0.3) is 227 Å². The van der Waals surface area contributed by atoms with E-state index in [-0.39, 0.29) is 7.43 Å². The summed E-state index contributed by atoms with van der Waals surface area (Å²) in [5.74, 6) is 0. The van der Waals surface area contributed by atoms with Crippen molar-refractivity contribution in [1.82, 2.24) is 9.13 Å². The molecule has 134 heavy (non-hydrogen) atoms. The third-order valence-corrected chi connectivity index (χ3v) is 29.4. The average molecular weight is 1820 g/mol. The fourth-order valence-corrected chi connectivity index (χ4v) is 23.1. The van der Waals surface area contributed by atoms with Gasteiger partial charge in [-0.05, 0) is 270 Å². The van der Waals surface area contributed by atoms with E-state index in [1.165, 1.54) is 166 Å². The van der Waals surface area contributed by atoms with Gasteiger partial charge >= 0.3 is 0 Å². The smallest absolute Gasteiger partial charge is 0.137 e. The molecule has 28 aromatic rings. The number of nitrogens with one attached hydrogen (secondary N) is 1. The van der Waals surface area contributed by atoms with Gasteiger partial charge in [0.2, 0.25) is 0 Å². The summed E-state index contributed by atoms with van der Waals surface area (Å²) in [5, 5.41) is 28.6. The number of hydrogen-bond acceptors (Lipinski definition) is 6. The summed E-state index contributed by atoms with van der Waals surface area (Å²) in [5.41, 5.74) is 25.6. The molecule has 9 heteroatoms. The van der Waals surface area contributed by atoms with Crippen LogP contribution in [-0.2, 0) is 0 Å². The summed E-state index contributed by atoms with van der Waals surface area (Å²) in [6, 6.07) is 166. The molecule has 0 bridgehead atoms. The Morgan fingerprint density at radius 3 is 1.17 bits per heavy atom. The predicted octanol–water partition coefficient (Wildman–Crippen LogP) is 37.7. The minimum Gasteiger partial charge on any atom is -0.456 e. The summed E-state index contributed by atoms with van der Waals surface area (Å²) in [4.78, 5) is 2.35. The fourth-order valence-electron chi connectivity index (χ4n) is 20.4. The molecule has 28 rings (SSSR count). The van der Waals surface area contributed by atoms with E-state index < -0.39 is 0 Å². The molecule has 6 aromatic heterocycles. The largest absolute Gasteiger partial charge is 0.456 e. The lowest BCUT2D eigenvalue weighted by Crippen LogP contribution is -2.10. The average Bonchev–Trinajstić information content (AvgIpc) is 1.56. The Morgan fingerprint density at radius 2 is 0.627 bits per heavy atom. The van der Waals surface area contributed by atoms with Crippen LogP contribution in [-0.4, -0.2) is 9.13 Å². The number of halogens is 1. The molecule has 0 fully saturated rings. The normalized spacial score (nSPS) is 11.7. The number of rotatable bonds is 11. The maximum absolute atomic E-state index is 6.47. The number of furan rings is 2. The van der Waals surface area contributed by atoms with Crippen molar-refractivity contribution in [2.75, 3.05) is 10.2 Å². The Balaban J connectivity index is 0.000000119. The van der Waals surface area contributed by atoms with Crippen molar-refractivity contribution < 1.29 is 8.83 Å². The summed E-state index contributed by atoms with van der Waals surface area (Å²) < 4.78 is 23.7. The summed E-state index contributed by atoms with van der Waals surface area (Å²) in [6.07, 6.45) is 0. The van der Waals surface area contributed by atoms with E-state index in [1.807, 2.05) is 53.0 Å². The molecule has 0 saturated carbocycles. The Morgan fingerprint density at radius 1 is 0.224 bits per heavy atom. The summed E-state index contributed by atoms with van der Waals surface area (Å²) in [7, 11) is 0. The van der Waals surface area contributed by atoms with Crippen molar-refractivity contribution in [1.29, 1.82) is 0 Å². The second-order valence-corrected chi connectivity index (χ2v) is 37.4. The zero-order valence-corrected chi connectivity index (χ0v) is 75.0. The molecule has 0 aliphatic rings. The lowest BCUT2D eigenvalue weighted by atomic mass is 9.98. The quantitative estimate of drug-likeness (QED) is 0.140. The molecular weight excluding hydrogens is 1730 g/mol.